The van der Waals surface area contributed by atoms with Gasteiger partial charge in [0.2, 0.25) is 0 Å². The fourth-order valence-corrected chi connectivity index (χ4v) is 2.24. The molecule has 0 spiro atoms. The lowest BCUT2D eigenvalue weighted by atomic mass is 9.97. The fourth-order valence-electron chi connectivity index (χ4n) is 2.24. The molecular formula is C14H29NO. The van der Waals surface area contributed by atoms with Crippen molar-refractivity contribution in [3.8, 4) is 0 Å². The molecule has 2 fully saturated rings. The first kappa shape index (κ1) is 14.0. The predicted octanol–water partition coefficient (Wildman–Crippen LogP) is 2.91. The summed E-state index contributed by atoms with van der Waals surface area (Å²) in [7, 11) is 0. The SMILES string of the molecule is CC1(CN2CCC(CO)CC2)CC1.CCC. The van der Waals surface area contributed by atoms with E-state index >= 15 is 0 Å². The van der Waals surface area contributed by atoms with E-state index in [1.165, 1.54) is 51.7 Å². The Balaban J connectivity index is 0.000000386. The third-order valence-corrected chi connectivity index (χ3v) is 3.67. The van der Waals surface area contributed by atoms with Crippen LogP contribution >= 0.6 is 0 Å². The first-order chi connectivity index (χ1) is 7.63. The van der Waals surface area contributed by atoms with E-state index in [-0.39, 0.29) is 0 Å². The van der Waals surface area contributed by atoms with E-state index in [1.807, 2.05) is 0 Å². The average molecular weight is 227 g/mol. The van der Waals surface area contributed by atoms with Gasteiger partial charge in [-0.05, 0) is 50.1 Å². The van der Waals surface area contributed by atoms with Crippen LogP contribution in [-0.4, -0.2) is 36.2 Å². The van der Waals surface area contributed by atoms with Gasteiger partial charge in [-0.1, -0.05) is 27.2 Å². The molecule has 2 nitrogen and oxygen atoms in total. The van der Waals surface area contributed by atoms with E-state index in [9.17, 15) is 0 Å². The molecule has 0 aromatic rings. The summed E-state index contributed by atoms with van der Waals surface area (Å²) in [6.07, 6.45) is 6.50. The number of rotatable bonds is 3. The van der Waals surface area contributed by atoms with Crippen LogP contribution in [0.3, 0.4) is 0 Å². The van der Waals surface area contributed by atoms with Gasteiger partial charge in [0.1, 0.15) is 0 Å². The average Bonchev–Trinajstić information content (AvgIpc) is 2.98. The van der Waals surface area contributed by atoms with Crippen LogP contribution in [0.4, 0.5) is 0 Å². The number of piperidine rings is 1. The van der Waals surface area contributed by atoms with Gasteiger partial charge in [-0.25, -0.2) is 0 Å². The molecule has 2 aliphatic rings. The van der Waals surface area contributed by atoms with Crippen molar-refractivity contribution in [2.24, 2.45) is 11.3 Å². The zero-order valence-electron chi connectivity index (χ0n) is 11.3. The Kier molecular flexibility index (Phi) is 5.77. The van der Waals surface area contributed by atoms with Gasteiger partial charge in [0.25, 0.3) is 0 Å². The zero-order chi connectivity index (χ0) is 12.0. The molecule has 2 rings (SSSR count). The zero-order valence-corrected chi connectivity index (χ0v) is 11.3. The topological polar surface area (TPSA) is 23.5 Å². The van der Waals surface area contributed by atoms with Crippen LogP contribution < -0.4 is 0 Å². The maximum Gasteiger partial charge on any atom is 0.0460 e. The van der Waals surface area contributed by atoms with Gasteiger partial charge >= 0.3 is 0 Å². The van der Waals surface area contributed by atoms with Gasteiger partial charge in [0.05, 0.1) is 0 Å². The number of aliphatic hydroxyl groups excluding tert-OH is 1. The summed E-state index contributed by atoms with van der Waals surface area (Å²) in [6, 6.07) is 0. The summed E-state index contributed by atoms with van der Waals surface area (Å²) in [5, 5.41) is 9.00. The minimum atomic E-state index is 0.394. The molecule has 0 amide bonds. The Morgan fingerprint density at radius 1 is 1.19 bits per heavy atom. The monoisotopic (exact) mass is 227 g/mol. The van der Waals surface area contributed by atoms with Crippen LogP contribution in [0.5, 0.6) is 0 Å². The maximum absolute atomic E-state index is 9.00. The van der Waals surface area contributed by atoms with Gasteiger partial charge in [-0.3, -0.25) is 0 Å². The largest absolute Gasteiger partial charge is 0.396 e. The molecule has 1 heterocycles. The molecule has 1 aliphatic heterocycles. The summed E-state index contributed by atoms with van der Waals surface area (Å²) in [5.41, 5.74) is 0.659. The molecule has 16 heavy (non-hydrogen) atoms. The summed E-state index contributed by atoms with van der Waals surface area (Å²) in [4.78, 5) is 2.58. The minimum absolute atomic E-state index is 0.394. The first-order valence-electron chi connectivity index (χ1n) is 6.96. The van der Waals surface area contributed by atoms with Crippen molar-refractivity contribution in [2.45, 2.75) is 52.9 Å². The lowest BCUT2D eigenvalue weighted by Gasteiger charge is -2.32. The molecule has 0 unspecified atom stereocenters. The molecule has 96 valence electrons. The van der Waals surface area contributed by atoms with Crippen LogP contribution in [-0.2, 0) is 0 Å². The van der Waals surface area contributed by atoms with Gasteiger partial charge in [0, 0.05) is 13.2 Å². The quantitative estimate of drug-likeness (QED) is 0.801. The standard InChI is InChI=1S/C11H21NO.C3H8/c1-11(4-5-11)9-12-6-2-10(8-13)3-7-12;1-3-2/h10,13H,2-9H2,1H3;3H2,1-2H3. The molecule has 0 aromatic carbocycles. The Hall–Kier alpha value is -0.0800. The highest BCUT2D eigenvalue weighted by Crippen LogP contribution is 2.45. The molecule has 1 aliphatic carbocycles. The van der Waals surface area contributed by atoms with Gasteiger partial charge in [-0.2, -0.15) is 0 Å². The second kappa shape index (κ2) is 6.61. The van der Waals surface area contributed by atoms with Crippen molar-refractivity contribution in [1.82, 2.24) is 4.90 Å². The van der Waals surface area contributed by atoms with E-state index in [2.05, 4.69) is 25.7 Å². The summed E-state index contributed by atoms with van der Waals surface area (Å²) < 4.78 is 0. The Labute approximate surface area is 101 Å². The number of aliphatic hydroxyl groups is 1. The molecule has 1 N–H and O–H groups in total. The lowest BCUT2D eigenvalue weighted by molar-refractivity contribution is 0.118. The van der Waals surface area contributed by atoms with Crippen molar-refractivity contribution in [3.63, 3.8) is 0 Å². The first-order valence-corrected chi connectivity index (χ1v) is 6.96. The highest BCUT2D eigenvalue weighted by atomic mass is 16.3. The third kappa shape index (κ3) is 4.84. The predicted molar refractivity (Wildman–Crippen MR) is 69.6 cm³/mol. The van der Waals surface area contributed by atoms with Crippen molar-refractivity contribution in [3.05, 3.63) is 0 Å². The smallest absolute Gasteiger partial charge is 0.0460 e. The highest BCUT2D eigenvalue weighted by Gasteiger charge is 2.39. The normalized spacial score (nSPS) is 24.8. The van der Waals surface area contributed by atoms with Crippen LogP contribution in [0.25, 0.3) is 0 Å². The van der Waals surface area contributed by atoms with E-state index in [0.29, 0.717) is 17.9 Å². The maximum atomic E-state index is 9.00. The molecular weight excluding hydrogens is 198 g/mol. The van der Waals surface area contributed by atoms with Crippen LogP contribution in [0, 0.1) is 11.3 Å². The number of hydrogen-bond acceptors (Lipinski definition) is 2. The fraction of sp³-hybridized carbons (Fsp3) is 1.00. The van der Waals surface area contributed by atoms with Crippen LogP contribution in [0.1, 0.15) is 52.9 Å². The van der Waals surface area contributed by atoms with E-state index in [4.69, 9.17) is 5.11 Å². The van der Waals surface area contributed by atoms with Crippen molar-refractivity contribution < 1.29 is 5.11 Å². The van der Waals surface area contributed by atoms with Crippen LogP contribution in [0.15, 0.2) is 0 Å². The molecule has 2 heteroatoms. The third-order valence-electron chi connectivity index (χ3n) is 3.67. The Morgan fingerprint density at radius 2 is 1.69 bits per heavy atom. The van der Waals surface area contributed by atoms with Crippen molar-refractivity contribution in [2.75, 3.05) is 26.2 Å². The summed E-state index contributed by atoms with van der Waals surface area (Å²) in [5.74, 6) is 0.586. The Bertz CT molecular complexity index is 181. The van der Waals surface area contributed by atoms with E-state index in [1.54, 1.807) is 0 Å². The number of likely N-dealkylation sites (tertiary alicyclic amines) is 1. The van der Waals surface area contributed by atoms with Crippen molar-refractivity contribution in [1.29, 1.82) is 0 Å². The highest BCUT2D eigenvalue weighted by molar-refractivity contribution is 4.92. The lowest BCUT2D eigenvalue weighted by Crippen LogP contribution is -2.37. The van der Waals surface area contributed by atoms with Crippen LogP contribution in [0.2, 0.25) is 0 Å². The molecule has 1 saturated carbocycles. The molecule has 0 bridgehead atoms. The van der Waals surface area contributed by atoms with Gasteiger partial charge in [-0.15, -0.1) is 0 Å². The summed E-state index contributed by atoms with van der Waals surface area (Å²) >= 11 is 0. The second-order valence-corrected chi connectivity index (χ2v) is 5.92. The van der Waals surface area contributed by atoms with Crippen molar-refractivity contribution >= 4 is 0 Å². The minimum Gasteiger partial charge on any atom is -0.396 e. The summed E-state index contributed by atoms with van der Waals surface area (Å²) in [6.45, 7) is 10.8. The number of nitrogens with zero attached hydrogens (tertiary/aromatic N) is 1. The molecule has 0 radical (unpaired) electrons. The van der Waals surface area contributed by atoms with Gasteiger partial charge in [0.15, 0.2) is 0 Å². The Morgan fingerprint density at radius 3 is 2.06 bits per heavy atom. The van der Waals surface area contributed by atoms with Gasteiger partial charge < -0.3 is 10.0 Å². The molecule has 1 saturated heterocycles. The van der Waals surface area contributed by atoms with E-state index < -0.39 is 0 Å². The molecule has 0 aromatic heterocycles. The number of hydrogen-bond donors (Lipinski definition) is 1. The molecule has 0 atom stereocenters. The second-order valence-electron chi connectivity index (χ2n) is 5.92. The van der Waals surface area contributed by atoms with E-state index in [0.717, 1.165) is 0 Å².